The predicted molar refractivity (Wildman–Crippen MR) is 120 cm³/mol. The molecular formula is C23H27N5O5. The molecule has 1 unspecified atom stereocenters. The van der Waals surface area contributed by atoms with Gasteiger partial charge in [-0.2, -0.15) is 0 Å². The quantitative estimate of drug-likeness (QED) is 0.556. The van der Waals surface area contributed by atoms with Gasteiger partial charge in [0.1, 0.15) is 5.82 Å². The van der Waals surface area contributed by atoms with Crippen LogP contribution in [-0.4, -0.2) is 44.3 Å². The molecule has 1 atom stereocenters. The van der Waals surface area contributed by atoms with Gasteiger partial charge in [0.25, 0.3) is 11.5 Å². The monoisotopic (exact) mass is 453 g/mol. The van der Waals surface area contributed by atoms with Crippen molar-refractivity contribution in [1.29, 1.82) is 0 Å². The average molecular weight is 453 g/mol. The van der Waals surface area contributed by atoms with Gasteiger partial charge in [0.15, 0.2) is 5.69 Å². The minimum absolute atomic E-state index is 0.0661. The Morgan fingerprint density at radius 2 is 1.85 bits per heavy atom. The normalized spacial score (nSPS) is 19.8. The first-order valence-electron chi connectivity index (χ1n) is 11.1. The number of carbonyl (C=O) groups excluding carboxylic acids is 3. The molecule has 0 spiro atoms. The van der Waals surface area contributed by atoms with E-state index in [0.29, 0.717) is 42.9 Å². The van der Waals surface area contributed by atoms with E-state index >= 15 is 0 Å². The number of para-hydroxylation sites is 1. The molecule has 10 nitrogen and oxygen atoms in total. The molecule has 2 aromatic rings. The van der Waals surface area contributed by atoms with Crippen LogP contribution in [0.2, 0.25) is 0 Å². The Morgan fingerprint density at radius 1 is 1.06 bits per heavy atom. The third kappa shape index (κ3) is 4.59. The van der Waals surface area contributed by atoms with Gasteiger partial charge in [-0.05, 0) is 37.3 Å². The minimum Gasteiger partial charge on any atom is -0.501 e. The Hall–Kier alpha value is -3.69. The molecule has 3 amide bonds. The minimum atomic E-state index is -0.714. The van der Waals surface area contributed by atoms with E-state index in [9.17, 15) is 24.3 Å². The molecule has 0 radical (unpaired) electrons. The van der Waals surface area contributed by atoms with Gasteiger partial charge in [-0.3, -0.25) is 23.7 Å². The maximum Gasteiger partial charge on any atom is 0.296 e. The molecule has 1 aromatic heterocycles. The van der Waals surface area contributed by atoms with Gasteiger partial charge in [0.05, 0.1) is 6.04 Å². The first kappa shape index (κ1) is 22.5. The number of benzene rings is 1. The third-order valence-electron chi connectivity index (χ3n) is 6.18. The van der Waals surface area contributed by atoms with E-state index in [2.05, 4.69) is 15.6 Å². The molecule has 0 saturated carbocycles. The van der Waals surface area contributed by atoms with Gasteiger partial charge < -0.3 is 20.6 Å². The number of carbonyl (C=O) groups is 3. The fourth-order valence-electron chi connectivity index (χ4n) is 4.31. The number of aromatic nitrogens is 2. The van der Waals surface area contributed by atoms with Crippen LogP contribution in [0.25, 0.3) is 0 Å². The van der Waals surface area contributed by atoms with E-state index in [4.69, 9.17) is 0 Å². The Morgan fingerprint density at radius 3 is 2.67 bits per heavy atom. The standard InChI is InChI=1S/C23H27N5O5/c1-27-16-9-4-5-12-28-21(16)26-19(20(31)23(28)33)22(32)24-13-14-7-2-3-8-15(14)25-17(29)10-6-11-18(27)30/h2-3,7-8,16,31H,4-6,9-13H2,1H3,(H,24,32)(H,25,29). The summed E-state index contributed by atoms with van der Waals surface area (Å²) < 4.78 is 1.36. The second-order valence-electron chi connectivity index (χ2n) is 8.38. The lowest BCUT2D eigenvalue weighted by Crippen LogP contribution is -2.37. The average Bonchev–Trinajstić information content (AvgIpc) is 3.02. The van der Waals surface area contributed by atoms with Crippen molar-refractivity contribution in [2.24, 2.45) is 0 Å². The van der Waals surface area contributed by atoms with Crippen LogP contribution < -0.4 is 16.2 Å². The van der Waals surface area contributed by atoms with Gasteiger partial charge in [-0.1, -0.05) is 18.2 Å². The van der Waals surface area contributed by atoms with Crippen molar-refractivity contribution >= 4 is 23.4 Å². The van der Waals surface area contributed by atoms with Gasteiger partial charge >= 0.3 is 0 Å². The van der Waals surface area contributed by atoms with E-state index in [1.165, 1.54) is 9.47 Å². The number of nitrogens with one attached hydrogen (secondary N) is 2. The maximum absolute atomic E-state index is 12.9. The Bertz CT molecular complexity index is 1160. The summed E-state index contributed by atoms with van der Waals surface area (Å²) >= 11 is 0. The zero-order valence-corrected chi connectivity index (χ0v) is 18.5. The van der Waals surface area contributed by atoms with E-state index in [1.54, 1.807) is 31.3 Å². The van der Waals surface area contributed by atoms with Crippen LogP contribution >= 0.6 is 0 Å². The van der Waals surface area contributed by atoms with Gasteiger partial charge in [0, 0.05) is 38.7 Å². The number of hydrogen-bond donors (Lipinski definition) is 3. The lowest BCUT2D eigenvalue weighted by atomic mass is 10.1. The number of nitrogens with zero attached hydrogens (tertiary/aromatic N) is 3. The number of aromatic hydroxyl groups is 1. The first-order chi connectivity index (χ1) is 15.9. The summed E-state index contributed by atoms with van der Waals surface area (Å²) in [4.78, 5) is 57.1. The molecule has 3 N–H and O–H groups in total. The van der Waals surface area contributed by atoms with E-state index < -0.39 is 23.3 Å². The summed E-state index contributed by atoms with van der Waals surface area (Å²) in [6, 6.07) is 6.50. The number of rotatable bonds is 0. The fraction of sp³-hybridized carbons (Fsp3) is 0.435. The third-order valence-corrected chi connectivity index (χ3v) is 6.18. The summed E-state index contributed by atoms with van der Waals surface area (Å²) in [5.74, 6) is -1.53. The number of hydrogen-bond acceptors (Lipinski definition) is 6. The van der Waals surface area contributed by atoms with Gasteiger partial charge in [-0.15, -0.1) is 0 Å². The van der Waals surface area contributed by atoms with E-state index in [0.717, 1.165) is 6.42 Å². The Labute approximate surface area is 190 Å². The van der Waals surface area contributed by atoms with Crippen molar-refractivity contribution in [3.8, 4) is 5.75 Å². The molecule has 3 heterocycles. The summed E-state index contributed by atoms with van der Waals surface area (Å²) in [7, 11) is 1.64. The van der Waals surface area contributed by atoms with Crippen LogP contribution in [0.15, 0.2) is 29.1 Å². The number of amides is 3. The second-order valence-corrected chi connectivity index (χ2v) is 8.38. The topological polar surface area (TPSA) is 134 Å². The molecule has 10 heteroatoms. The predicted octanol–water partition coefficient (Wildman–Crippen LogP) is 1.68. The Kier molecular flexibility index (Phi) is 6.43. The van der Waals surface area contributed by atoms with Crippen LogP contribution in [0.1, 0.15) is 66.4 Å². The van der Waals surface area contributed by atoms with Gasteiger partial charge in [0.2, 0.25) is 17.6 Å². The number of fused-ring (bicyclic) bond motifs is 2. The molecule has 33 heavy (non-hydrogen) atoms. The molecule has 0 saturated heterocycles. The maximum atomic E-state index is 12.9. The molecule has 1 aromatic carbocycles. The van der Waals surface area contributed by atoms with Crippen LogP contribution in [-0.2, 0) is 22.7 Å². The zero-order valence-electron chi connectivity index (χ0n) is 18.5. The van der Waals surface area contributed by atoms with Crippen molar-refractivity contribution in [1.82, 2.24) is 19.8 Å². The SMILES string of the molecule is CN1C(=O)CCCC(=O)Nc2ccccc2CNC(=O)c2nc3n(c(=O)c2O)CCCCC31. The van der Waals surface area contributed by atoms with E-state index in [1.807, 2.05) is 0 Å². The van der Waals surface area contributed by atoms with Gasteiger partial charge in [-0.25, -0.2) is 4.98 Å². The summed E-state index contributed by atoms with van der Waals surface area (Å²) in [6.07, 6.45) is 2.74. The highest BCUT2D eigenvalue weighted by molar-refractivity contribution is 5.95. The van der Waals surface area contributed by atoms with Crippen molar-refractivity contribution in [2.45, 2.75) is 57.7 Å². The smallest absolute Gasteiger partial charge is 0.296 e. The van der Waals surface area contributed by atoms with Crippen LogP contribution in [0.3, 0.4) is 0 Å². The highest BCUT2D eigenvalue weighted by Gasteiger charge is 2.31. The van der Waals surface area contributed by atoms with Crippen molar-refractivity contribution in [3.63, 3.8) is 0 Å². The summed E-state index contributed by atoms with van der Waals surface area (Å²) in [6.45, 7) is 0.416. The van der Waals surface area contributed by atoms with Crippen molar-refractivity contribution in [3.05, 3.63) is 51.7 Å². The van der Waals surface area contributed by atoms with Crippen molar-refractivity contribution < 1.29 is 19.5 Å². The molecule has 2 aliphatic rings. The lowest BCUT2D eigenvalue weighted by Gasteiger charge is -2.28. The molecule has 4 rings (SSSR count). The van der Waals surface area contributed by atoms with Crippen LogP contribution in [0, 0.1) is 0 Å². The van der Waals surface area contributed by atoms with E-state index in [-0.39, 0.29) is 36.9 Å². The fourth-order valence-corrected chi connectivity index (χ4v) is 4.31. The first-order valence-corrected chi connectivity index (χ1v) is 11.1. The molecule has 0 aliphatic carbocycles. The zero-order chi connectivity index (χ0) is 23.5. The largest absolute Gasteiger partial charge is 0.501 e. The van der Waals surface area contributed by atoms with Crippen LogP contribution in [0.5, 0.6) is 5.75 Å². The molecule has 2 bridgehead atoms. The molecule has 174 valence electrons. The molecule has 2 aliphatic heterocycles. The summed E-state index contributed by atoms with van der Waals surface area (Å²) in [5, 5.41) is 16.0. The summed E-state index contributed by atoms with van der Waals surface area (Å²) in [5.41, 5.74) is 0.142. The second kappa shape index (κ2) is 9.43. The number of anilines is 1. The molecular weight excluding hydrogens is 426 g/mol. The molecule has 0 fully saturated rings. The van der Waals surface area contributed by atoms with Crippen LogP contribution in [0.4, 0.5) is 5.69 Å². The lowest BCUT2D eigenvalue weighted by molar-refractivity contribution is -0.132. The highest BCUT2D eigenvalue weighted by atomic mass is 16.3. The van der Waals surface area contributed by atoms with Crippen molar-refractivity contribution in [2.75, 3.05) is 12.4 Å². The highest BCUT2D eigenvalue weighted by Crippen LogP contribution is 2.29. The Balaban J connectivity index is 1.78.